The van der Waals surface area contributed by atoms with E-state index in [1.807, 2.05) is 18.2 Å². The molecule has 8 nitrogen and oxygen atoms in total. The summed E-state index contributed by atoms with van der Waals surface area (Å²) in [5.41, 5.74) is 8.75. The van der Waals surface area contributed by atoms with Crippen LogP contribution in [0.15, 0.2) is 36.8 Å². The lowest BCUT2D eigenvalue weighted by atomic mass is 10.1. The molecular formula is C15H18N8. The predicted octanol–water partition coefficient (Wildman–Crippen LogP) is 1.19. The Bertz CT molecular complexity index is 814. The third kappa shape index (κ3) is 2.68. The lowest BCUT2D eigenvalue weighted by molar-refractivity contribution is 0.506. The molecule has 4 heterocycles. The van der Waals surface area contributed by atoms with E-state index < -0.39 is 0 Å². The van der Waals surface area contributed by atoms with Crippen molar-refractivity contribution in [2.75, 3.05) is 23.3 Å². The number of nitrogens with one attached hydrogen (secondary N) is 1. The second-order valence-electron chi connectivity index (χ2n) is 5.68. The highest BCUT2D eigenvalue weighted by Gasteiger charge is 2.20. The number of fused-ring (bicyclic) bond motifs is 1. The van der Waals surface area contributed by atoms with Gasteiger partial charge in [-0.1, -0.05) is 0 Å². The summed E-state index contributed by atoms with van der Waals surface area (Å²) in [5.74, 6) is 0.566. The lowest BCUT2D eigenvalue weighted by Crippen LogP contribution is -2.43. The molecule has 1 atom stereocenters. The van der Waals surface area contributed by atoms with E-state index in [1.54, 1.807) is 23.1 Å². The molecule has 0 radical (unpaired) electrons. The van der Waals surface area contributed by atoms with E-state index in [1.165, 1.54) is 0 Å². The Kier molecular flexibility index (Phi) is 3.51. The largest absolute Gasteiger partial charge is 0.368 e. The Hall–Kier alpha value is -2.74. The second-order valence-corrected chi connectivity index (χ2v) is 5.68. The van der Waals surface area contributed by atoms with Gasteiger partial charge in [0.15, 0.2) is 5.65 Å². The topological polar surface area (TPSA) is 97.3 Å². The van der Waals surface area contributed by atoms with E-state index in [-0.39, 0.29) is 6.04 Å². The fourth-order valence-corrected chi connectivity index (χ4v) is 2.93. The quantitative estimate of drug-likeness (QED) is 0.750. The summed E-state index contributed by atoms with van der Waals surface area (Å²) in [6, 6.07) is 5.90. The van der Waals surface area contributed by atoms with Gasteiger partial charge in [0, 0.05) is 31.5 Å². The minimum absolute atomic E-state index is 0.209. The van der Waals surface area contributed by atoms with E-state index in [4.69, 9.17) is 5.73 Å². The van der Waals surface area contributed by atoms with Gasteiger partial charge in [0.25, 0.3) is 5.95 Å². The molecule has 1 aliphatic rings. The highest BCUT2D eigenvalue weighted by Crippen LogP contribution is 2.29. The Morgan fingerprint density at radius 2 is 2.17 bits per heavy atom. The van der Waals surface area contributed by atoms with Crippen molar-refractivity contribution < 1.29 is 0 Å². The van der Waals surface area contributed by atoms with Crippen molar-refractivity contribution in [2.45, 2.75) is 18.9 Å². The van der Waals surface area contributed by atoms with E-state index >= 15 is 0 Å². The molecule has 23 heavy (non-hydrogen) atoms. The molecule has 1 saturated heterocycles. The number of piperidine rings is 1. The highest BCUT2D eigenvalue weighted by molar-refractivity contribution is 5.73. The number of aromatic nitrogens is 5. The molecule has 4 rings (SSSR count). The molecule has 3 aromatic rings. The molecule has 1 aliphatic heterocycles. The molecule has 118 valence electrons. The minimum Gasteiger partial charge on any atom is -0.368 e. The van der Waals surface area contributed by atoms with Gasteiger partial charge < -0.3 is 16.0 Å². The van der Waals surface area contributed by atoms with Gasteiger partial charge in [-0.25, -0.2) is 0 Å². The summed E-state index contributed by atoms with van der Waals surface area (Å²) in [7, 11) is 0. The van der Waals surface area contributed by atoms with Crippen LogP contribution in [-0.4, -0.2) is 43.9 Å². The summed E-state index contributed by atoms with van der Waals surface area (Å²) < 4.78 is 1.67. The molecule has 0 saturated carbocycles. The Morgan fingerprint density at radius 1 is 1.22 bits per heavy atom. The molecule has 0 aliphatic carbocycles. The minimum atomic E-state index is 0.209. The van der Waals surface area contributed by atoms with Crippen LogP contribution in [0.5, 0.6) is 0 Å². The maximum atomic E-state index is 6.11. The fourth-order valence-electron chi connectivity index (χ4n) is 2.93. The molecule has 0 aromatic carbocycles. The van der Waals surface area contributed by atoms with Gasteiger partial charge in [-0.05, 0) is 31.0 Å². The number of pyridine rings is 1. The van der Waals surface area contributed by atoms with Crippen molar-refractivity contribution in [3.63, 3.8) is 0 Å². The standard InChI is InChI=1S/C15H18N8/c16-11-3-2-8-22(10-11)13-5-7-17-9-12(13)19-15-21-20-14-4-1-6-18-23(14)15/h1,4-7,9,11H,2-3,8,10,16H2,(H,19,21). The maximum absolute atomic E-state index is 6.11. The number of hydrogen-bond donors (Lipinski definition) is 2. The molecule has 8 heteroatoms. The van der Waals surface area contributed by atoms with Crippen LogP contribution in [0.2, 0.25) is 0 Å². The van der Waals surface area contributed by atoms with Crippen molar-refractivity contribution in [1.29, 1.82) is 0 Å². The fraction of sp³-hybridized carbons (Fsp3) is 0.333. The van der Waals surface area contributed by atoms with Gasteiger partial charge in [0.05, 0.1) is 17.6 Å². The number of hydrogen-bond acceptors (Lipinski definition) is 7. The first kappa shape index (κ1) is 13.9. The lowest BCUT2D eigenvalue weighted by Gasteiger charge is -2.33. The van der Waals surface area contributed by atoms with Crippen molar-refractivity contribution in [3.05, 3.63) is 36.8 Å². The second kappa shape index (κ2) is 5.81. The summed E-state index contributed by atoms with van der Waals surface area (Å²) in [6.07, 6.45) is 7.46. The number of anilines is 3. The van der Waals surface area contributed by atoms with Crippen LogP contribution in [0.3, 0.4) is 0 Å². The first-order chi connectivity index (χ1) is 11.3. The molecule has 1 unspecified atom stereocenters. The van der Waals surface area contributed by atoms with Crippen LogP contribution in [0.1, 0.15) is 12.8 Å². The first-order valence-corrected chi connectivity index (χ1v) is 7.69. The van der Waals surface area contributed by atoms with Gasteiger partial charge >= 0.3 is 0 Å². The number of rotatable bonds is 3. The average molecular weight is 310 g/mol. The Balaban J connectivity index is 1.67. The normalized spacial score (nSPS) is 18.3. The summed E-state index contributed by atoms with van der Waals surface area (Å²) >= 11 is 0. The number of nitrogens with two attached hydrogens (primary N) is 1. The SMILES string of the molecule is NC1CCCN(c2ccncc2Nc2nnc3cccnn23)C1. The molecular weight excluding hydrogens is 292 g/mol. The van der Waals surface area contributed by atoms with Crippen LogP contribution >= 0.6 is 0 Å². The van der Waals surface area contributed by atoms with Crippen molar-refractivity contribution >= 4 is 23.0 Å². The first-order valence-electron chi connectivity index (χ1n) is 7.69. The highest BCUT2D eigenvalue weighted by atomic mass is 15.4. The predicted molar refractivity (Wildman–Crippen MR) is 87.7 cm³/mol. The van der Waals surface area contributed by atoms with Crippen LogP contribution in [0.4, 0.5) is 17.3 Å². The number of nitrogens with zero attached hydrogens (tertiary/aromatic N) is 6. The Morgan fingerprint density at radius 3 is 3.09 bits per heavy atom. The molecule has 1 fully saturated rings. The summed E-state index contributed by atoms with van der Waals surface area (Å²) in [4.78, 5) is 6.51. The molecule has 3 aromatic heterocycles. The summed E-state index contributed by atoms with van der Waals surface area (Å²) in [5, 5.41) is 15.8. The molecule has 0 bridgehead atoms. The van der Waals surface area contributed by atoms with Crippen molar-refractivity contribution in [1.82, 2.24) is 24.8 Å². The van der Waals surface area contributed by atoms with Gasteiger partial charge in [-0.2, -0.15) is 9.61 Å². The van der Waals surface area contributed by atoms with E-state index in [0.717, 1.165) is 37.3 Å². The van der Waals surface area contributed by atoms with Crippen LogP contribution in [0.25, 0.3) is 5.65 Å². The molecule has 0 amide bonds. The average Bonchev–Trinajstić information content (AvgIpc) is 2.99. The van der Waals surface area contributed by atoms with E-state index in [9.17, 15) is 0 Å². The van der Waals surface area contributed by atoms with Crippen LogP contribution in [-0.2, 0) is 0 Å². The van der Waals surface area contributed by atoms with Gasteiger partial charge in [0.2, 0.25) is 0 Å². The summed E-state index contributed by atoms with van der Waals surface area (Å²) in [6.45, 7) is 1.84. The van der Waals surface area contributed by atoms with E-state index in [2.05, 4.69) is 30.5 Å². The molecule has 3 N–H and O–H groups in total. The Labute approximate surface area is 133 Å². The van der Waals surface area contributed by atoms with Crippen molar-refractivity contribution in [2.24, 2.45) is 5.73 Å². The van der Waals surface area contributed by atoms with E-state index in [0.29, 0.717) is 11.6 Å². The third-order valence-electron chi connectivity index (χ3n) is 4.02. The van der Waals surface area contributed by atoms with Gasteiger partial charge in [-0.3, -0.25) is 4.98 Å². The van der Waals surface area contributed by atoms with Gasteiger partial charge in [0.1, 0.15) is 0 Å². The zero-order valence-electron chi connectivity index (χ0n) is 12.6. The smallest absolute Gasteiger partial charge is 0.250 e. The monoisotopic (exact) mass is 310 g/mol. The van der Waals surface area contributed by atoms with Crippen LogP contribution in [0, 0.1) is 0 Å². The third-order valence-corrected chi connectivity index (χ3v) is 4.02. The molecule has 0 spiro atoms. The zero-order valence-corrected chi connectivity index (χ0v) is 12.6. The zero-order chi connectivity index (χ0) is 15.6. The van der Waals surface area contributed by atoms with Crippen molar-refractivity contribution in [3.8, 4) is 0 Å². The van der Waals surface area contributed by atoms with Crippen LogP contribution < -0.4 is 16.0 Å². The maximum Gasteiger partial charge on any atom is 0.250 e. The van der Waals surface area contributed by atoms with Gasteiger partial charge in [-0.15, -0.1) is 10.2 Å².